The van der Waals surface area contributed by atoms with Gasteiger partial charge in [0.15, 0.2) is 0 Å². The van der Waals surface area contributed by atoms with Crippen LogP contribution in [0.5, 0.6) is 5.75 Å². The van der Waals surface area contributed by atoms with Gasteiger partial charge < -0.3 is 26.0 Å². The molecule has 0 aromatic heterocycles. The van der Waals surface area contributed by atoms with E-state index in [1.165, 1.54) is 37.4 Å². The molecule has 0 aliphatic rings. The molecule has 12 nitrogen and oxygen atoms in total. The minimum Gasteiger partial charge on any atom is -0.496 e. The number of rotatable bonds is 9. The zero-order valence-electron chi connectivity index (χ0n) is 16.7. The smallest absolute Gasteiger partial charge is 0.293 e. The average Bonchev–Trinajstić information content (AvgIpc) is 2.69. The topological polar surface area (TPSA) is 166 Å². The van der Waals surface area contributed by atoms with E-state index in [1.807, 2.05) is 0 Å². The number of methoxy groups -OCH3 is 1. The van der Waals surface area contributed by atoms with Gasteiger partial charge in [0.05, 0.1) is 22.5 Å². The van der Waals surface area contributed by atoms with Crippen LogP contribution in [0.4, 0.5) is 28.4 Å². The fourth-order valence-electron chi connectivity index (χ4n) is 2.72. The highest BCUT2D eigenvalue weighted by Crippen LogP contribution is 2.34. The summed E-state index contributed by atoms with van der Waals surface area (Å²) >= 11 is 0. The van der Waals surface area contributed by atoms with Crippen LogP contribution in [0.2, 0.25) is 0 Å². The molecule has 0 aliphatic heterocycles. The molecule has 0 aliphatic carbocycles. The highest BCUT2D eigenvalue weighted by atomic mass is 16.6. The van der Waals surface area contributed by atoms with Crippen LogP contribution >= 0.6 is 0 Å². The maximum absolute atomic E-state index is 12.5. The number of nitrogens with zero attached hydrogens (tertiary/aromatic N) is 3. The van der Waals surface area contributed by atoms with Crippen molar-refractivity contribution in [1.29, 1.82) is 0 Å². The van der Waals surface area contributed by atoms with Crippen LogP contribution in [0.15, 0.2) is 30.3 Å². The van der Waals surface area contributed by atoms with Gasteiger partial charge in [-0.1, -0.05) is 0 Å². The van der Waals surface area contributed by atoms with Crippen LogP contribution in [0.3, 0.4) is 0 Å². The van der Waals surface area contributed by atoms with E-state index < -0.39 is 15.8 Å². The Bertz CT molecular complexity index is 978. The fourth-order valence-corrected chi connectivity index (χ4v) is 2.72. The van der Waals surface area contributed by atoms with Gasteiger partial charge in [-0.15, -0.1) is 0 Å². The molecule has 0 spiro atoms. The van der Waals surface area contributed by atoms with E-state index in [0.717, 1.165) is 0 Å². The number of nitrogens with two attached hydrogens (primary N) is 1. The van der Waals surface area contributed by atoms with Crippen molar-refractivity contribution in [3.8, 4) is 5.75 Å². The predicted octanol–water partition coefficient (Wildman–Crippen LogP) is 2.00. The lowest BCUT2D eigenvalue weighted by molar-refractivity contribution is -0.384. The van der Waals surface area contributed by atoms with Crippen molar-refractivity contribution in [3.05, 3.63) is 56.1 Å². The van der Waals surface area contributed by atoms with Gasteiger partial charge in [-0.25, -0.2) is 0 Å². The van der Waals surface area contributed by atoms with Crippen LogP contribution in [0.1, 0.15) is 10.4 Å². The molecular weight excluding hydrogens is 396 g/mol. The first-order chi connectivity index (χ1) is 14.1. The summed E-state index contributed by atoms with van der Waals surface area (Å²) in [4.78, 5) is 35.1. The SMILES string of the molecule is COc1cc(N(C)C)c([N+](=O)[O-])cc1C(=O)NCCNc1ccc([N+](=O)[O-])c(N)c1. The van der Waals surface area contributed by atoms with Crippen molar-refractivity contribution in [2.75, 3.05) is 50.2 Å². The molecule has 2 aromatic rings. The lowest BCUT2D eigenvalue weighted by atomic mass is 10.1. The molecule has 2 rings (SSSR count). The van der Waals surface area contributed by atoms with E-state index in [0.29, 0.717) is 17.9 Å². The Balaban J connectivity index is 2.06. The molecule has 0 radical (unpaired) electrons. The summed E-state index contributed by atoms with van der Waals surface area (Å²) in [7, 11) is 4.67. The Labute approximate surface area is 171 Å². The third kappa shape index (κ3) is 5.04. The predicted molar refractivity (Wildman–Crippen MR) is 112 cm³/mol. The first kappa shape index (κ1) is 22.2. The molecule has 160 valence electrons. The van der Waals surface area contributed by atoms with Gasteiger partial charge in [-0.3, -0.25) is 25.0 Å². The zero-order chi connectivity index (χ0) is 22.4. The largest absolute Gasteiger partial charge is 0.496 e. The Morgan fingerprint density at radius 2 is 1.77 bits per heavy atom. The molecule has 0 atom stereocenters. The van der Waals surface area contributed by atoms with Crippen molar-refractivity contribution < 1.29 is 19.4 Å². The Morgan fingerprint density at radius 3 is 2.30 bits per heavy atom. The van der Waals surface area contributed by atoms with Gasteiger partial charge in [0.1, 0.15) is 17.1 Å². The number of hydrogen-bond acceptors (Lipinski definition) is 9. The maximum Gasteiger partial charge on any atom is 0.293 e. The van der Waals surface area contributed by atoms with E-state index >= 15 is 0 Å². The van der Waals surface area contributed by atoms with Gasteiger partial charge in [0.2, 0.25) is 0 Å². The van der Waals surface area contributed by atoms with Crippen molar-refractivity contribution in [2.24, 2.45) is 0 Å². The Kier molecular flexibility index (Phi) is 6.96. The summed E-state index contributed by atoms with van der Waals surface area (Å²) in [6, 6.07) is 6.82. The molecule has 0 heterocycles. The number of anilines is 3. The molecule has 30 heavy (non-hydrogen) atoms. The number of carbonyl (C=O) groups excluding carboxylic acids is 1. The van der Waals surface area contributed by atoms with E-state index in [-0.39, 0.29) is 34.9 Å². The lowest BCUT2D eigenvalue weighted by Crippen LogP contribution is -2.29. The number of nitrogen functional groups attached to an aromatic ring is 1. The van der Waals surface area contributed by atoms with E-state index in [9.17, 15) is 25.0 Å². The quantitative estimate of drug-likeness (QED) is 0.239. The monoisotopic (exact) mass is 418 g/mol. The fraction of sp³-hybridized carbons (Fsp3) is 0.278. The second kappa shape index (κ2) is 9.41. The number of hydrogen-bond donors (Lipinski definition) is 3. The highest BCUT2D eigenvalue weighted by molar-refractivity contribution is 5.98. The molecule has 0 bridgehead atoms. The summed E-state index contributed by atoms with van der Waals surface area (Å²) in [6.45, 7) is 0.477. The maximum atomic E-state index is 12.5. The molecule has 1 amide bonds. The van der Waals surface area contributed by atoms with Gasteiger partial charge in [-0.05, 0) is 12.1 Å². The van der Waals surface area contributed by atoms with Gasteiger partial charge in [0, 0.05) is 51.1 Å². The molecule has 0 unspecified atom stereocenters. The van der Waals surface area contributed by atoms with E-state index in [4.69, 9.17) is 10.5 Å². The summed E-state index contributed by atoms with van der Waals surface area (Å²) in [5.74, 6) is -0.330. The minimum atomic E-state index is -0.576. The average molecular weight is 418 g/mol. The van der Waals surface area contributed by atoms with Crippen LogP contribution in [0.25, 0.3) is 0 Å². The normalized spacial score (nSPS) is 10.2. The van der Waals surface area contributed by atoms with Crippen LogP contribution in [-0.2, 0) is 0 Å². The molecule has 0 saturated carbocycles. The van der Waals surface area contributed by atoms with E-state index in [1.54, 1.807) is 19.0 Å². The Hall–Kier alpha value is -4.09. The zero-order valence-corrected chi connectivity index (χ0v) is 16.7. The summed E-state index contributed by atoms with van der Waals surface area (Å²) < 4.78 is 5.22. The lowest BCUT2D eigenvalue weighted by Gasteiger charge is -2.16. The second-order valence-electron chi connectivity index (χ2n) is 6.41. The number of ether oxygens (including phenoxy) is 1. The van der Waals surface area contributed by atoms with Crippen molar-refractivity contribution in [2.45, 2.75) is 0 Å². The molecular formula is C18H22N6O6. The summed E-state index contributed by atoms with van der Waals surface area (Å²) in [5, 5.41) is 27.8. The summed E-state index contributed by atoms with van der Waals surface area (Å²) in [6.07, 6.45) is 0. The van der Waals surface area contributed by atoms with Gasteiger partial charge in [-0.2, -0.15) is 0 Å². The highest BCUT2D eigenvalue weighted by Gasteiger charge is 2.23. The molecule has 0 saturated heterocycles. The minimum absolute atomic E-state index is 0.0204. The van der Waals surface area contributed by atoms with Gasteiger partial charge in [0.25, 0.3) is 17.3 Å². The molecule has 0 fully saturated rings. The number of nitro benzene ring substituents is 2. The second-order valence-corrected chi connectivity index (χ2v) is 6.41. The molecule has 4 N–H and O–H groups in total. The molecule has 12 heteroatoms. The van der Waals surface area contributed by atoms with E-state index in [2.05, 4.69) is 10.6 Å². The third-order valence-electron chi connectivity index (χ3n) is 4.18. The van der Waals surface area contributed by atoms with Gasteiger partial charge >= 0.3 is 0 Å². The van der Waals surface area contributed by atoms with Crippen LogP contribution in [0, 0.1) is 20.2 Å². The third-order valence-corrected chi connectivity index (χ3v) is 4.18. The first-order valence-electron chi connectivity index (χ1n) is 8.75. The van der Waals surface area contributed by atoms with Crippen LogP contribution < -0.4 is 26.0 Å². The first-order valence-corrected chi connectivity index (χ1v) is 8.75. The number of nitro groups is 2. The van der Waals surface area contributed by atoms with Crippen LogP contribution in [-0.4, -0.2) is 50.0 Å². The summed E-state index contributed by atoms with van der Waals surface area (Å²) in [5.41, 5.74) is 6.14. The number of nitrogens with one attached hydrogen (secondary N) is 2. The number of amides is 1. The number of carbonyl (C=O) groups is 1. The van der Waals surface area contributed by atoms with Crippen molar-refractivity contribution in [1.82, 2.24) is 5.32 Å². The van der Waals surface area contributed by atoms with Crippen molar-refractivity contribution in [3.63, 3.8) is 0 Å². The number of benzene rings is 2. The molecule has 2 aromatic carbocycles. The standard InChI is InChI=1S/C18H22N6O6/c1-22(2)15-10-17(30-3)12(9-16(15)24(28)29)18(25)21-7-6-20-11-4-5-14(23(26)27)13(19)8-11/h4-5,8-10,20H,6-7,19H2,1-3H3,(H,21,25). The Morgan fingerprint density at radius 1 is 1.10 bits per heavy atom. The van der Waals surface area contributed by atoms with Crippen molar-refractivity contribution >= 4 is 34.3 Å².